The molecule has 20 heavy (non-hydrogen) atoms. The quantitative estimate of drug-likeness (QED) is 0.850. The molecule has 1 aliphatic heterocycles. The molecule has 112 valence electrons. The maximum Gasteiger partial charge on any atom is 0.120 e. The summed E-state index contributed by atoms with van der Waals surface area (Å²) in [6.45, 7) is 5.92. The molecule has 0 radical (unpaired) electrons. The lowest BCUT2D eigenvalue weighted by molar-refractivity contribution is -0.0932. The van der Waals surface area contributed by atoms with E-state index in [9.17, 15) is 5.11 Å². The van der Waals surface area contributed by atoms with Gasteiger partial charge in [-0.15, -0.1) is 0 Å². The van der Waals surface area contributed by atoms with Crippen LogP contribution in [0.3, 0.4) is 0 Å². The first kappa shape index (κ1) is 15.8. The third-order valence-corrected chi connectivity index (χ3v) is 4.90. The zero-order valence-electron chi connectivity index (χ0n) is 12.3. The van der Waals surface area contributed by atoms with E-state index in [1.807, 2.05) is 12.1 Å². The van der Waals surface area contributed by atoms with Crippen molar-refractivity contribution in [3.05, 3.63) is 28.2 Å². The molecular weight excluding hydrogens is 318 g/mol. The van der Waals surface area contributed by atoms with Crippen LogP contribution in [0.15, 0.2) is 22.7 Å². The molecule has 1 aromatic carbocycles. The first-order chi connectivity index (χ1) is 9.58. The smallest absolute Gasteiger partial charge is 0.120 e. The SMILES string of the molecule is CCC1(CC)CC(NCc2cc(Br)ccc2O)CCO1. The van der Waals surface area contributed by atoms with Crippen LogP contribution in [0.4, 0.5) is 0 Å². The Hall–Kier alpha value is -0.580. The highest BCUT2D eigenvalue weighted by molar-refractivity contribution is 9.10. The number of phenolic OH excluding ortho intramolecular Hbond substituents is 1. The maximum atomic E-state index is 9.87. The van der Waals surface area contributed by atoms with Gasteiger partial charge < -0.3 is 15.2 Å². The van der Waals surface area contributed by atoms with Crippen molar-refractivity contribution in [3.8, 4) is 5.75 Å². The lowest BCUT2D eigenvalue weighted by Gasteiger charge is -2.40. The summed E-state index contributed by atoms with van der Waals surface area (Å²) in [5.41, 5.74) is 0.972. The number of halogens is 1. The van der Waals surface area contributed by atoms with Crippen LogP contribution in [0, 0.1) is 0 Å². The Morgan fingerprint density at radius 2 is 2.15 bits per heavy atom. The Kier molecular flexibility index (Phi) is 5.47. The Morgan fingerprint density at radius 3 is 2.85 bits per heavy atom. The van der Waals surface area contributed by atoms with Gasteiger partial charge in [-0.2, -0.15) is 0 Å². The van der Waals surface area contributed by atoms with Gasteiger partial charge in [0.1, 0.15) is 5.75 Å². The second-order valence-electron chi connectivity index (χ2n) is 5.58. The number of rotatable bonds is 5. The number of phenols is 1. The molecule has 1 fully saturated rings. The lowest BCUT2D eigenvalue weighted by Crippen LogP contribution is -2.46. The number of ether oxygens (including phenoxy) is 1. The second kappa shape index (κ2) is 6.92. The number of hydrogen-bond donors (Lipinski definition) is 2. The van der Waals surface area contributed by atoms with Gasteiger partial charge in [-0.25, -0.2) is 0 Å². The zero-order chi connectivity index (χ0) is 14.6. The zero-order valence-corrected chi connectivity index (χ0v) is 13.9. The van der Waals surface area contributed by atoms with Gasteiger partial charge in [-0.05, 0) is 43.9 Å². The van der Waals surface area contributed by atoms with Crippen LogP contribution in [0.5, 0.6) is 5.75 Å². The van der Waals surface area contributed by atoms with Gasteiger partial charge in [0.25, 0.3) is 0 Å². The minimum atomic E-state index is 0.0369. The number of benzene rings is 1. The van der Waals surface area contributed by atoms with Gasteiger partial charge in [0.2, 0.25) is 0 Å². The number of aromatic hydroxyl groups is 1. The van der Waals surface area contributed by atoms with Gasteiger partial charge in [0.05, 0.1) is 5.60 Å². The van der Waals surface area contributed by atoms with Gasteiger partial charge in [-0.3, -0.25) is 0 Å². The Bertz CT molecular complexity index is 446. The highest BCUT2D eigenvalue weighted by atomic mass is 79.9. The monoisotopic (exact) mass is 341 g/mol. The normalized spacial score (nSPS) is 21.9. The fraction of sp³-hybridized carbons (Fsp3) is 0.625. The van der Waals surface area contributed by atoms with E-state index < -0.39 is 0 Å². The van der Waals surface area contributed by atoms with Gasteiger partial charge in [-0.1, -0.05) is 29.8 Å². The maximum absolute atomic E-state index is 9.87. The minimum absolute atomic E-state index is 0.0369. The number of hydrogen-bond acceptors (Lipinski definition) is 3. The molecule has 1 aliphatic rings. The van der Waals surface area contributed by atoms with Gasteiger partial charge in [0.15, 0.2) is 0 Å². The standard InChI is InChI=1S/C16H24BrNO2/c1-3-16(4-2)10-14(7-8-20-16)18-11-12-9-13(17)5-6-15(12)19/h5-6,9,14,18-19H,3-4,7-8,10-11H2,1-2H3. The van der Waals surface area contributed by atoms with Crippen molar-refractivity contribution >= 4 is 15.9 Å². The Morgan fingerprint density at radius 1 is 1.40 bits per heavy atom. The van der Waals surface area contributed by atoms with E-state index in [1.165, 1.54) is 0 Å². The molecule has 2 N–H and O–H groups in total. The Balaban J connectivity index is 1.95. The molecule has 0 aliphatic carbocycles. The van der Waals surface area contributed by atoms with Crippen LogP contribution in [0.2, 0.25) is 0 Å². The molecule has 1 unspecified atom stereocenters. The first-order valence-corrected chi connectivity index (χ1v) is 8.22. The summed E-state index contributed by atoms with van der Waals surface area (Å²) in [4.78, 5) is 0. The molecular formula is C16H24BrNO2. The molecule has 0 spiro atoms. The average molecular weight is 342 g/mol. The summed E-state index contributed by atoms with van der Waals surface area (Å²) < 4.78 is 6.99. The van der Waals surface area contributed by atoms with Crippen LogP contribution in [-0.2, 0) is 11.3 Å². The second-order valence-corrected chi connectivity index (χ2v) is 6.50. The molecule has 0 amide bonds. The molecule has 0 bridgehead atoms. The third-order valence-electron chi connectivity index (χ3n) is 4.40. The fourth-order valence-corrected chi connectivity index (χ4v) is 3.30. The predicted octanol–water partition coefficient (Wildman–Crippen LogP) is 3.98. The highest BCUT2D eigenvalue weighted by Crippen LogP contribution is 2.31. The summed E-state index contributed by atoms with van der Waals surface area (Å²) in [6, 6.07) is 6.01. The summed E-state index contributed by atoms with van der Waals surface area (Å²) >= 11 is 3.44. The van der Waals surface area contributed by atoms with Crippen molar-refractivity contribution in [2.75, 3.05) is 6.61 Å². The number of nitrogens with one attached hydrogen (secondary N) is 1. The van der Waals surface area contributed by atoms with Crippen LogP contribution >= 0.6 is 15.9 Å². The first-order valence-electron chi connectivity index (χ1n) is 7.43. The lowest BCUT2D eigenvalue weighted by atomic mass is 9.86. The largest absolute Gasteiger partial charge is 0.508 e. The minimum Gasteiger partial charge on any atom is -0.508 e. The molecule has 1 saturated heterocycles. The van der Waals surface area contributed by atoms with E-state index in [4.69, 9.17) is 4.74 Å². The van der Waals surface area contributed by atoms with Gasteiger partial charge in [0, 0.05) is 29.2 Å². The van der Waals surface area contributed by atoms with Crippen LogP contribution in [-0.4, -0.2) is 23.4 Å². The fourth-order valence-electron chi connectivity index (χ4n) is 2.89. The van der Waals surface area contributed by atoms with Crippen molar-refractivity contribution in [2.24, 2.45) is 0 Å². The van der Waals surface area contributed by atoms with Crippen LogP contribution in [0.25, 0.3) is 0 Å². The van der Waals surface area contributed by atoms with Crippen molar-refractivity contribution in [2.45, 2.75) is 57.7 Å². The molecule has 2 rings (SSSR count). The topological polar surface area (TPSA) is 41.5 Å². The van der Waals surface area contributed by atoms with Gasteiger partial charge >= 0.3 is 0 Å². The molecule has 3 nitrogen and oxygen atoms in total. The van der Waals surface area contributed by atoms with E-state index >= 15 is 0 Å². The molecule has 4 heteroatoms. The molecule has 0 saturated carbocycles. The summed E-state index contributed by atoms with van der Waals surface area (Å²) in [5, 5.41) is 13.4. The summed E-state index contributed by atoms with van der Waals surface area (Å²) in [7, 11) is 0. The van der Waals surface area contributed by atoms with Crippen molar-refractivity contribution < 1.29 is 9.84 Å². The summed E-state index contributed by atoms with van der Waals surface area (Å²) in [5.74, 6) is 0.352. The third kappa shape index (κ3) is 3.74. The van der Waals surface area contributed by atoms with E-state index in [0.29, 0.717) is 18.3 Å². The van der Waals surface area contributed by atoms with E-state index in [-0.39, 0.29) is 5.60 Å². The van der Waals surface area contributed by atoms with Crippen molar-refractivity contribution in [3.63, 3.8) is 0 Å². The Labute approximate surface area is 129 Å². The highest BCUT2D eigenvalue weighted by Gasteiger charge is 2.34. The summed E-state index contributed by atoms with van der Waals surface area (Å²) in [6.07, 6.45) is 4.21. The van der Waals surface area contributed by atoms with Crippen LogP contribution < -0.4 is 5.32 Å². The molecule has 1 atom stereocenters. The van der Waals surface area contributed by atoms with E-state index in [1.54, 1.807) is 6.07 Å². The molecule has 1 aromatic rings. The van der Waals surface area contributed by atoms with Crippen LogP contribution in [0.1, 0.15) is 45.1 Å². The molecule has 1 heterocycles. The predicted molar refractivity (Wildman–Crippen MR) is 84.9 cm³/mol. The van der Waals surface area contributed by atoms with E-state index in [0.717, 1.165) is 42.3 Å². The van der Waals surface area contributed by atoms with Crippen molar-refractivity contribution in [1.29, 1.82) is 0 Å². The molecule has 0 aromatic heterocycles. The van der Waals surface area contributed by atoms with E-state index in [2.05, 4.69) is 35.1 Å². The van der Waals surface area contributed by atoms with Crippen molar-refractivity contribution in [1.82, 2.24) is 5.32 Å². The average Bonchev–Trinajstić information content (AvgIpc) is 2.48.